The molecule has 6 unspecified atom stereocenters. The molecule has 4 heteroatoms. The molecule has 0 amide bonds. The molecule has 0 saturated carbocycles. The lowest BCUT2D eigenvalue weighted by atomic mass is 9.81. The summed E-state index contributed by atoms with van der Waals surface area (Å²) in [4.78, 5) is 21.8. The van der Waals surface area contributed by atoms with E-state index in [0.29, 0.717) is 0 Å². The van der Waals surface area contributed by atoms with Crippen LogP contribution in [0.15, 0.2) is 461 Å². The number of hydrogen-bond donors (Lipinski definition) is 0. The molecule has 0 N–H and O–H groups in total. The second kappa shape index (κ2) is 35.0. The minimum Gasteiger partial charge on any atom is -0.252 e. The van der Waals surface area contributed by atoms with Gasteiger partial charge in [-0.25, -0.2) is 9.97 Å². The van der Waals surface area contributed by atoms with Gasteiger partial charge in [0.05, 0.1) is 51.9 Å². The van der Waals surface area contributed by atoms with E-state index in [4.69, 9.17) is 19.9 Å². The van der Waals surface area contributed by atoms with Crippen molar-refractivity contribution in [2.24, 2.45) is 0 Å². The number of aryl methyl sites for hydroxylation is 4. The Morgan fingerprint density at radius 1 is 0.174 bits per heavy atom. The van der Waals surface area contributed by atoms with E-state index in [1.54, 1.807) is 0 Å². The Morgan fingerprint density at radius 3 is 0.775 bits per heavy atom. The van der Waals surface area contributed by atoms with Gasteiger partial charge in [-0.15, -0.1) is 0 Å². The molecular formula is C134H98N4. The van der Waals surface area contributed by atoms with Gasteiger partial charge < -0.3 is 0 Å². The molecule has 0 bridgehead atoms. The predicted molar refractivity (Wildman–Crippen MR) is 568 cm³/mol. The highest BCUT2D eigenvalue weighted by molar-refractivity contribution is 5.96. The molecule has 3 heterocycles. The fraction of sp³-hybridized carbons (Fsp3) is 0.0896. The van der Waals surface area contributed by atoms with Gasteiger partial charge in [0, 0.05) is 40.0 Å². The van der Waals surface area contributed by atoms with Crippen LogP contribution in [0.25, 0.3) is 134 Å². The molecule has 21 aromatic rings. The number of rotatable bonds is 14. The molecule has 0 spiro atoms. The summed E-state index contributed by atoms with van der Waals surface area (Å²) in [6, 6.07) is 169. The summed E-state index contributed by atoms with van der Waals surface area (Å²) in [5, 5.41) is 0. The van der Waals surface area contributed by atoms with Gasteiger partial charge in [0.2, 0.25) is 0 Å². The number of pyridine rings is 2. The molecule has 6 aliphatic rings. The monoisotopic (exact) mass is 1760 g/mol. The lowest BCUT2D eigenvalue weighted by Gasteiger charge is -2.23. The average Bonchev–Trinajstić information content (AvgIpc) is 1.55. The molecule has 6 aliphatic carbocycles. The molecule has 4 nitrogen and oxygen atoms in total. The third kappa shape index (κ3) is 14.4. The molecule has 0 aliphatic heterocycles. The van der Waals surface area contributed by atoms with Crippen LogP contribution in [0.5, 0.6) is 0 Å². The number of aromatic nitrogens is 4. The molecule has 0 fully saturated rings. The van der Waals surface area contributed by atoms with Crippen molar-refractivity contribution in [1.29, 1.82) is 0 Å². The van der Waals surface area contributed by atoms with Gasteiger partial charge in [-0.2, -0.15) is 0 Å². The molecular weight excluding hydrogens is 1670 g/mol. The van der Waals surface area contributed by atoms with E-state index in [9.17, 15) is 0 Å². The van der Waals surface area contributed by atoms with Crippen molar-refractivity contribution in [1.82, 2.24) is 19.9 Å². The molecule has 138 heavy (non-hydrogen) atoms. The largest absolute Gasteiger partial charge is 0.252 e. The van der Waals surface area contributed by atoms with Gasteiger partial charge in [0.15, 0.2) is 0 Å². The van der Waals surface area contributed by atoms with Gasteiger partial charge in [0.25, 0.3) is 0 Å². The second-order valence-electron chi connectivity index (χ2n) is 37.7. The summed E-state index contributed by atoms with van der Waals surface area (Å²) in [5.41, 5.74) is 57.1. The lowest BCUT2D eigenvalue weighted by molar-refractivity contribution is 0.857. The maximum Gasteiger partial charge on any atom is 0.141 e. The second-order valence-corrected chi connectivity index (χ2v) is 37.7. The highest BCUT2D eigenvalue weighted by Gasteiger charge is 2.46. The smallest absolute Gasteiger partial charge is 0.141 e. The molecule has 654 valence electrons. The Kier molecular flexibility index (Phi) is 21.1. The van der Waals surface area contributed by atoms with Crippen molar-refractivity contribution >= 4 is 0 Å². The third-order valence-electron chi connectivity index (χ3n) is 29.8. The van der Waals surface area contributed by atoms with Crippen LogP contribution in [-0.2, 0) is 12.8 Å². The van der Waals surface area contributed by atoms with Gasteiger partial charge >= 0.3 is 0 Å². The summed E-state index contributed by atoms with van der Waals surface area (Å²) in [6.45, 7) is 8.88. The van der Waals surface area contributed by atoms with E-state index in [-0.39, 0.29) is 35.5 Å². The van der Waals surface area contributed by atoms with Crippen LogP contribution >= 0.6 is 0 Å². The first-order chi connectivity index (χ1) is 68.2. The van der Waals surface area contributed by atoms with Gasteiger partial charge in [-0.3, -0.25) is 9.97 Å². The maximum atomic E-state index is 5.55. The lowest BCUT2D eigenvalue weighted by Crippen LogP contribution is -2.11. The molecule has 27 rings (SSSR count). The van der Waals surface area contributed by atoms with E-state index in [1.165, 1.54) is 195 Å². The first-order valence-electron chi connectivity index (χ1n) is 48.8. The van der Waals surface area contributed by atoms with Crippen LogP contribution in [0.4, 0.5) is 0 Å². The standard InChI is InChI=1S/C47H37N.C44H32N2.C43H29N/c1-3-30-20-22-36-40(26-30)38-24-25-39-41-27-31(4-2)21-23-37(41)45(47(39)46(38)44(36)34-18-12-7-13-19-34)43-29-35(32-14-8-5-9-15-32)28-42(48-43)33-16-10-6-11-17-33;1-27-18-20-32-36(24-27)33-22-23-34-37-25-28(2)19-21-35(37)43(42(34)41(33)40(32)31-16-10-5-11-17-31)44-45-38(29-12-6-3-7-13-29)26-39(46-44)30-14-8-4-9-15-30;1-4-14-28(15-5-1)31-26-38(29-16-6-2-7-17-29)44-39(27-31)41-35-23-13-11-21-33(35)37-25-24-36-32-20-10-12-22-34(32)40(42(36)43(37)41)30-18-8-3-9-19-30/h5-29,44-45H,3-4H2,1-2H3;3-26,40,43H,1-2H3;1-27,40-41H. The Balaban J connectivity index is 0.000000110. The predicted octanol–water partition coefficient (Wildman–Crippen LogP) is 33.3. The van der Waals surface area contributed by atoms with Crippen LogP contribution < -0.4 is 0 Å². The Bertz CT molecular complexity index is 8110. The van der Waals surface area contributed by atoms with Crippen molar-refractivity contribution in [3.8, 4) is 134 Å². The van der Waals surface area contributed by atoms with Crippen LogP contribution in [0.1, 0.15) is 172 Å². The number of hydrogen-bond acceptors (Lipinski definition) is 4. The van der Waals surface area contributed by atoms with Gasteiger partial charge in [0.1, 0.15) is 5.82 Å². The Morgan fingerprint density at radius 2 is 0.428 bits per heavy atom. The zero-order valence-electron chi connectivity index (χ0n) is 77.5. The summed E-state index contributed by atoms with van der Waals surface area (Å²) in [6.07, 6.45) is 2.03. The summed E-state index contributed by atoms with van der Waals surface area (Å²) in [5.74, 6) is 1.22. The first-order valence-corrected chi connectivity index (χ1v) is 48.8. The average molecular weight is 1760 g/mol. The van der Waals surface area contributed by atoms with Crippen LogP contribution in [0.3, 0.4) is 0 Å². The fourth-order valence-corrected chi connectivity index (χ4v) is 23.5. The van der Waals surface area contributed by atoms with Crippen molar-refractivity contribution in [3.05, 3.63) is 584 Å². The normalized spacial score (nSPS) is 15.6. The molecule has 0 saturated heterocycles. The van der Waals surface area contributed by atoms with Crippen molar-refractivity contribution < 1.29 is 0 Å². The highest BCUT2D eigenvalue weighted by Crippen LogP contribution is 2.63. The van der Waals surface area contributed by atoms with E-state index >= 15 is 0 Å². The molecule has 3 aromatic heterocycles. The number of fused-ring (bicyclic) bond motifs is 21. The SMILES string of the molecule is CCc1ccc2c(c1)-c1ccc3c(c1C2c1ccccc1)C(c1cc(-c2ccccc2)cc(-c2ccccc2)n1)c1ccc(CC)cc1-3.Cc1ccc2c(c1)-c1ccc3c(c1C2c1ccccc1)C(c1nc(-c2ccccc2)cc(-c2ccccc2)n1)c1ccc(C)cc1-3.c1ccc(-c2cc(-c3ccccc3)nc(C3c4ccccc4-c4ccc5c(c43)C(c3ccccc3)c3ccccc3-5)c2)cc1. The van der Waals surface area contributed by atoms with Gasteiger partial charge in [-0.05, 0) is 241 Å². The van der Waals surface area contributed by atoms with E-state index in [0.717, 1.165) is 75.1 Å². The minimum atomic E-state index is -0.103. The van der Waals surface area contributed by atoms with Crippen LogP contribution in [-0.4, -0.2) is 19.9 Å². The molecule has 6 atom stereocenters. The summed E-state index contributed by atoms with van der Waals surface area (Å²) >= 11 is 0. The van der Waals surface area contributed by atoms with E-state index in [2.05, 4.69) is 489 Å². The highest BCUT2D eigenvalue weighted by atomic mass is 14.9. The minimum absolute atomic E-state index is 0.00755. The van der Waals surface area contributed by atoms with Crippen molar-refractivity contribution in [2.75, 3.05) is 0 Å². The Hall–Kier alpha value is -16.7. The zero-order valence-corrected chi connectivity index (χ0v) is 77.5. The van der Waals surface area contributed by atoms with E-state index < -0.39 is 0 Å². The fourth-order valence-electron chi connectivity index (χ4n) is 23.5. The summed E-state index contributed by atoms with van der Waals surface area (Å²) < 4.78 is 0. The van der Waals surface area contributed by atoms with E-state index in [1.807, 2.05) is 0 Å². The number of nitrogens with zero attached hydrogens (tertiary/aromatic N) is 4. The van der Waals surface area contributed by atoms with Crippen LogP contribution in [0, 0.1) is 13.8 Å². The van der Waals surface area contributed by atoms with Crippen molar-refractivity contribution in [2.45, 2.75) is 76.0 Å². The van der Waals surface area contributed by atoms with Crippen LogP contribution in [0.2, 0.25) is 0 Å². The van der Waals surface area contributed by atoms with Gasteiger partial charge in [-0.1, -0.05) is 456 Å². The van der Waals surface area contributed by atoms with Crippen molar-refractivity contribution in [3.63, 3.8) is 0 Å². The Labute approximate surface area is 808 Å². The quantitative estimate of drug-likeness (QED) is 0.109. The molecule has 0 radical (unpaired) electrons. The topological polar surface area (TPSA) is 51.6 Å². The summed E-state index contributed by atoms with van der Waals surface area (Å²) in [7, 11) is 0. The zero-order chi connectivity index (χ0) is 92.0. The number of benzene rings is 18. The molecule has 18 aromatic carbocycles. The maximum absolute atomic E-state index is 5.55. The third-order valence-corrected chi connectivity index (χ3v) is 29.8. The first kappa shape index (κ1) is 83.2.